The van der Waals surface area contributed by atoms with E-state index in [9.17, 15) is 14.5 Å². The minimum atomic E-state index is -0.661. The van der Waals surface area contributed by atoms with Crippen LogP contribution in [0.15, 0.2) is 42.5 Å². The zero-order chi connectivity index (χ0) is 14.5. The number of ether oxygens (including phenoxy) is 1. The van der Waals surface area contributed by atoms with Crippen LogP contribution in [0.1, 0.15) is 5.56 Å². The van der Waals surface area contributed by atoms with Gasteiger partial charge in [0.25, 0.3) is 5.69 Å². The average molecular weight is 276 g/mol. The third-order valence-corrected chi connectivity index (χ3v) is 2.69. The summed E-state index contributed by atoms with van der Waals surface area (Å²) in [5, 5.41) is 13.7. The molecule has 6 heteroatoms. The number of hydrogen-bond acceptors (Lipinski definition) is 4. The first-order valence-corrected chi connectivity index (χ1v) is 5.89. The van der Waals surface area contributed by atoms with Crippen LogP contribution in [0, 0.1) is 15.9 Å². The smallest absolute Gasteiger partial charge is 0.274 e. The van der Waals surface area contributed by atoms with Crippen molar-refractivity contribution in [3.05, 3.63) is 64.0 Å². The van der Waals surface area contributed by atoms with Crippen molar-refractivity contribution in [1.82, 2.24) is 0 Å². The summed E-state index contributed by atoms with van der Waals surface area (Å²) in [4.78, 5) is 10.1. The van der Waals surface area contributed by atoms with E-state index in [2.05, 4.69) is 5.32 Å². The van der Waals surface area contributed by atoms with E-state index in [4.69, 9.17) is 4.74 Å². The molecule has 0 atom stereocenters. The number of para-hydroxylation sites is 1. The predicted octanol–water partition coefficient (Wildman–Crippen LogP) is 3.62. The van der Waals surface area contributed by atoms with E-state index in [-0.39, 0.29) is 5.69 Å². The lowest BCUT2D eigenvalue weighted by molar-refractivity contribution is -0.385. The Kier molecular flexibility index (Phi) is 4.27. The lowest BCUT2D eigenvalue weighted by Crippen LogP contribution is -1.99. The van der Waals surface area contributed by atoms with E-state index < -0.39 is 10.7 Å². The summed E-state index contributed by atoms with van der Waals surface area (Å²) in [6.45, 7) is 0.389. The van der Waals surface area contributed by atoms with Gasteiger partial charge in [-0.3, -0.25) is 10.1 Å². The van der Waals surface area contributed by atoms with Crippen LogP contribution in [0.25, 0.3) is 0 Å². The molecule has 0 heterocycles. The number of anilines is 2. The molecular formula is C14H13FN2O3. The van der Waals surface area contributed by atoms with Crippen LogP contribution in [0.5, 0.6) is 0 Å². The van der Waals surface area contributed by atoms with Crippen LogP contribution in [0.2, 0.25) is 0 Å². The summed E-state index contributed by atoms with van der Waals surface area (Å²) in [6.07, 6.45) is 0. The molecule has 0 radical (unpaired) electrons. The standard InChI is InChI=1S/C14H13FN2O3/c1-20-9-10-4-2-3-5-14(10)16-12-6-11(15)7-13(8-12)17(18)19/h2-8,16H,9H2,1H3. The van der Waals surface area contributed by atoms with E-state index >= 15 is 0 Å². The highest BCUT2D eigenvalue weighted by atomic mass is 19.1. The summed E-state index contributed by atoms with van der Waals surface area (Å²) in [6, 6.07) is 10.7. The van der Waals surface area contributed by atoms with Gasteiger partial charge >= 0.3 is 0 Å². The second-order valence-corrected chi connectivity index (χ2v) is 4.17. The first-order valence-electron chi connectivity index (χ1n) is 5.89. The van der Waals surface area contributed by atoms with Gasteiger partial charge in [-0.2, -0.15) is 0 Å². The Balaban J connectivity index is 2.32. The number of nitro groups is 1. The molecule has 2 rings (SSSR count). The van der Waals surface area contributed by atoms with Gasteiger partial charge in [-0.15, -0.1) is 0 Å². The van der Waals surface area contributed by atoms with Crippen LogP contribution in [-0.2, 0) is 11.3 Å². The van der Waals surface area contributed by atoms with Crippen molar-refractivity contribution >= 4 is 17.1 Å². The maximum absolute atomic E-state index is 13.4. The number of halogens is 1. The Hall–Kier alpha value is -2.47. The summed E-state index contributed by atoms with van der Waals surface area (Å²) in [5.41, 5.74) is 1.62. The molecule has 104 valence electrons. The van der Waals surface area contributed by atoms with Gasteiger partial charge in [-0.1, -0.05) is 18.2 Å². The van der Waals surface area contributed by atoms with Crippen molar-refractivity contribution in [2.45, 2.75) is 6.61 Å². The SMILES string of the molecule is COCc1ccccc1Nc1cc(F)cc([N+](=O)[O-])c1. The van der Waals surface area contributed by atoms with Crippen LogP contribution in [0.4, 0.5) is 21.5 Å². The molecule has 0 spiro atoms. The van der Waals surface area contributed by atoms with Crippen LogP contribution in [0.3, 0.4) is 0 Å². The Morgan fingerprint density at radius 2 is 2.05 bits per heavy atom. The number of rotatable bonds is 5. The van der Waals surface area contributed by atoms with Crippen molar-refractivity contribution in [2.75, 3.05) is 12.4 Å². The Morgan fingerprint density at radius 1 is 1.30 bits per heavy atom. The molecule has 0 aromatic heterocycles. The highest BCUT2D eigenvalue weighted by Crippen LogP contribution is 2.25. The highest BCUT2D eigenvalue weighted by Gasteiger charge is 2.10. The summed E-state index contributed by atoms with van der Waals surface area (Å²) >= 11 is 0. The van der Waals surface area contributed by atoms with E-state index in [0.29, 0.717) is 18.0 Å². The highest BCUT2D eigenvalue weighted by molar-refractivity contribution is 5.65. The zero-order valence-corrected chi connectivity index (χ0v) is 10.8. The molecule has 5 nitrogen and oxygen atoms in total. The molecule has 1 N–H and O–H groups in total. The van der Waals surface area contributed by atoms with Crippen LogP contribution < -0.4 is 5.32 Å². The molecule has 0 aliphatic carbocycles. The Morgan fingerprint density at radius 3 is 2.75 bits per heavy atom. The monoisotopic (exact) mass is 276 g/mol. The molecule has 0 bridgehead atoms. The molecule has 0 saturated heterocycles. The fourth-order valence-corrected chi connectivity index (χ4v) is 1.83. The molecule has 2 aromatic carbocycles. The number of methoxy groups -OCH3 is 1. The number of benzene rings is 2. The lowest BCUT2D eigenvalue weighted by Gasteiger charge is -2.11. The van der Waals surface area contributed by atoms with Gasteiger partial charge in [-0.05, 0) is 12.1 Å². The topological polar surface area (TPSA) is 64.4 Å². The van der Waals surface area contributed by atoms with E-state index in [1.165, 1.54) is 12.1 Å². The second-order valence-electron chi connectivity index (χ2n) is 4.17. The van der Waals surface area contributed by atoms with Crippen LogP contribution in [-0.4, -0.2) is 12.0 Å². The molecule has 0 aliphatic heterocycles. The van der Waals surface area contributed by atoms with Crippen molar-refractivity contribution in [3.63, 3.8) is 0 Å². The van der Waals surface area contributed by atoms with Gasteiger partial charge in [-0.25, -0.2) is 4.39 Å². The maximum atomic E-state index is 13.4. The summed E-state index contributed by atoms with van der Waals surface area (Å²) in [7, 11) is 1.57. The average Bonchev–Trinajstić information content (AvgIpc) is 2.40. The zero-order valence-electron chi connectivity index (χ0n) is 10.8. The first-order chi connectivity index (χ1) is 9.60. The minimum absolute atomic E-state index is 0.295. The quantitative estimate of drug-likeness (QED) is 0.669. The number of nitrogens with one attached hydrogen (secondary N) is 1. The molecule has 0 saturated carbocycles. The lowest BCUT2D eigenvalue weighted by atomic mass is 10.1. The van der Waals surface area contributed by atoms with Crippen LogP contribution >= 0.6 is 0 Å². The Labute approximate surface area is 115 Å². The third kappa shape index (κ3) is 3.30. The molecule has 20 heavy (non-hydrogen) atoms. The van der Waals surface area contributed by atoms with Gasteiger partial charge in [0, 0.05) is 30.1 Å². The van der Waals surface area contributed by atoms with Gasteiger partial charge in [0.2, 0.25) is 0 Å². The largest absolute Gasteiger partial charge is 0.380 e. The molecular weight excluding hydrogens is 263 g/mol. The van der Waals surface area contributed by atoms with E-state index in [0.717, 1.165) is 11.6 Å². The Bertz CT molecular complexity index is 632. The van der Waals surface area contributed by atoms with Gasteiger partial charge < -0.3 is 10.1 Å². The predicted molar refractivity (Wildman–Crippen MR) is 73.5 cm³/mol. The number of non-ortho nitro benzene ring substituents is 1. The molecule has 0 unspecified atom stereocenters. The maximum Gasteiger partial charge on any atom is 0.274 e. The number of nitrogens with zero attached hydrogens (tertiary/aromatic N) is 1. The minimum Gasteiger partial charge on any atom is -0.380 e. The number of hydrogen-bond donors (Lipinski definition) is 1. The molecule has 0 fully saturated rings. The van der Waals surface area contributed by atoms with Crippen molar-refractivity contribution in [3.8, 4) is 0 Å². The molecule has 2 aromatic rings. The normalized spacial score (nSPS) is 10.3. The fourth-order valence-electron chi connectivity index (χ4n) is 1.83. The van der Waals surface area contributed by atoms with Crippen molar-refractivity contribution in [1.29, 1.82) is 0 Å². The van der Waals surface area contributed by atoms with Crippen molar-refractivity contribution < 1.29 is 14.1 Å². The van der Waals surface area contributed by atoms with Gasteiger partial charge in [0.1, 0.15) is 5.82 Å². The van der Waals surface area contributed by atoms with E-state index in [1.54, 1.807) is 13.2 Å². The number of nitro benzene ring substituents is 1. The molecule has 0 amide bonds. The summed E-state index contributed by atoms with van der Waals surface area (Å²) in [5.74, 6) is -0.661. The third-order valence-electron chi connectivity index (χ3n) is 2.69. The fraction of sp³-hybridized carbons (Fsp3) is 0.143. The van der Waals surface area contributed by atoms with Gasteiger partial charge in [0.05, 0.1) is 17.6 Å². The summed E-state index contributed by atoms with van der Waals surface area (Å²) < 4.78 is 18.4. The van der Waals surface area contributed by atoms with Gasteiger partial charge in [0.15, 0.2) is 0 Å². The van der Waals surface area contributed by atoms with Crippen molar-refractivity contribution in [2.24, 2.45) is 0 Å². The molecule has 0 aliphatic rings. The van der Waals surface area contributed by atoms with E-state index in [1.807, 2.05) is 18.2 Å². The first kappa shape index (κ1) is 14.0. The second kappa shape index (κ2) is 6.12.